The Bertz CT molecular complexity index is 640. The number of nitriles is 1. The number of hydrogen-bond donors (Lipinski definition) is 0. The van der Waals surface area contributed by atoms with Gasteiger partial charge < -0.3 is 4.90 Å². The van der Waals surface area contributed by atoms with E-state index < -0.39 is 0 Å². The highest BCUT2D eigenvalue weighted by Gasteiger charge is 2.25. The van der Waals surface area contributed by atoms with E-state index in [-0.39, 0.29) is 5.91 Å². The number of nitrogens with zero attached hydrogens (tertiary/aromatic N) is 3. The van der Waals surface area contributed by atoms with Crippen LogP contribution in [0, 0.1) is 11.3 Å². The van der Waals surface area contributed by atoms with Crippen molar-refractivity contribution in [3.05, 3.63) is 42.0 Å². The van der Waals surface area contributed by atoms with Crippen molar-refractivity contribution in [2.75, 3.05) is 13.1 Å². The molecule has 22 heavy (non-hydrogen) atoms. The summed E-state index contributed by atoms with van der Waals surface area (Å²) in [5.41, 5.74) is 3.23. The van der Waals surface area contributed by atoms with Crippen LogP contribution in [0.15, 0.2) is 35.8 Å². The van der Waals surface area contributed by atoms with Crippen LogP contribution < -0.4 is 0 Å². The standard InChI is InChI=1S/C18H21N3O/c1-3-5-7-14-8-6-9-15(12-19)18(14)20-16-11-17(22)21(13-16)10-4-2/h4,6,8-9H,2-3,5,7,10-11,13H2,1H3. The molecule has 4 heteroatoms. The molecule has 0 unspecified atom stereocenters. The molecular weight excluding hydrogens is 274 g/mol. The van der Waals surface area contributed by atoms with E-state index in [4.69, 9.17) is 0 Å². The number of aliphatic imine (C=N–C) groups is 1. The topological polar surface area (TPSA) is 56.5 Å². The number of carbonyl (C=O) groups excluding carboxylic acids is 1. The van der Waals surface area contributed by atoms with Gasteiger partial charge in [0, 0.05) is 12.3 Å². The second kappa shape index (κ2) is 7.56. The van der Waals surface area contributed by atoms with Crippen molar-refractivity contribution in [3.63, 3.8) is 0 Å². The molecule has 0 spiro atoms. The first-order valence-corrected chi connectivity index (χ1v) is 7.66. The Labute approximate surface area is 131 Å². The summed E-state index contributed by atoms with van der Waals surface area (Å²) < 4.78 is 0. The van der Waals surface area contributed by atoms with E-state index in [0.717, 1.165) is 36.2 Å². The van der Waals surface area contributed by atoms with Crippen LogP contribution in [0.5, 0.6) is 0 Å². The zero-order chi connectivity index (χ0) is 15.9. The van der Waals surface area contributed by atoms with Crippen LogP contribution in [0.4, 0.5) is 5.69 Å². The molecule has 0 atom stereocenters. The molecule has 0 aliphatic carbocycles. The van der Waals surface area contributed by atoms with Crippen LogP contribution in [0.1, 0.15) is 37.3 Å². The van der Waals surface area contributed by atoms with E-state index in [9.17, 15) is 10.1 Å². The molecule has 1 aromatic carbocycles. The maximum Gasteiger partial charge on any atom is 0.228 e. The Hall–Kier alpha value is -2.41. The summed E-state index contributed by atoms with van der Waals surface area (Å²) in [5, 5.41) is 9.32. The molecule has 2 rings (SSSR count). The summed E-state index contributed by atoms with van der Waals surface area (Å²) in [7, 11) is 0. The van der Waals surface area contributed by atoms with Crippen molar-refractivity contribution >= 4 is 17.3 Å². The highest BCUT2D eigenvalue weighted by Crippen LogP contribution is 2.27. The van der Waals surface area contributed by atoms with E-state index in [1.165, 1.54) is 0 Å². The molecule has 0 radical (unpaired) electrons. The van der Waals surface area contributed by atoms with Crippen molar-refractivity contribution in [2.45, 2.75) is 32.6 Å². The van der Waals surface area contributed by atoms with Gasteiger partial charge in [0.05, 0.1) is 24.2 Å². The lowest BCUT2D eigenvalue weighted by Gasteiger charge is -2.11. The SMILES string of the molecule is C=CCN1CC(=Nc2c(C#N)cccc2CCCC)CC1=O. The minimum absolute atomic E-state index is 0.0724. The zero-order valence-corrected chi connectivity index (χ0v) is 13.0. The summed E-state index contributed by atoms with van der Waals surface area (Å²) >= 11 is 0. The molecular formula is C18H21N3O. The van der Waals surface area contributed by atoms with Gasteiger partial charge in [-0.3, -0.25) is 9.79 Å². The molecule has 1 fully saturated rings. The Morgan fingerprint density at radius 1 is 1.50 bits per heavy atom. The maximum absolute atomic E-state index is 11.9. The lowest BCUT2D eigenvalue weighted by Crippen LogP contribution is -2.24. The molecule has 1 aliphatic rings. The van der Waals surface area contributed by atoms with Gasteiger partial charge in [0.15, 0.2) is 0 Å². The van der Waals surface area contributed by atoms with Gasteiger partial charge >= 0.3 is 0 Å². The van der Waals surface area contributed by atoms with Crippen LogP contribution in [0.25, 0.3) is 0 Å². The summed E-state index contributed by atoms with van der Waals surface area (Å²) in [6.07, 6.45) is 5.12. The Morgan fingerprint density at radius 3 is 3.00 bits per heavy atom. The Balaban J connectivity index is 2.32. The molecule has 1 amide bonds. The number of likely N-dealkylation sites (tertiary alicyclic amines) is 1. The average molecular weight is 295 g/mol. The molecule has 0 N–H and O–H groups in total. The molecule has 1 aliphatic heterocycles. The largest absolute Gasteiger partial charge is 0.333 e. The highest BCUT2D eigenvalue weighted by molar-refractivity contribution is 6.09. The molecule has 1 saturated heterocycles. The summed E-state index contributed by atoms with van der Waals surface area (Å²) in [4.78, 5) is 18.3. The van der Waals surface area contributed by atoms with Crippen molar-refractivity contribution in [3.8, 4) is 6.07 Å². The first-order chi connectivity index (χ1) is 10.7. The number of hydrogen-bond acceptors (Lipinski definition) is 3. The van der Waals surface area contributed by atoms with Crippen LogP contribution in [0.2, 0.25) is 0 Å². The van der Waals surface area contributed by atoms with Gasteiger partial charge in [-0.1, -0.05) is 31.6 Å². The summed E-state index contributed by atoms with van der Waals surface area (Å²) in [6, 6.07) is 7.92. The predicted octanol–water partition coefficient (Wildman–Crippen LogP) is 3.39. The highest BCUT2D eigenvalue weighted by atomic mass is 16.2. The van der Waals surface area contributed by atoms with Crippen LogP contribution in [-0.2, 0) is 11.2 Å². The Kier molecular flexibility index (Phi) is 5.48. The average Bonchev–Trinajstić information content (AvgIpc) is 2.86. The van der Waals surface area contributed by atoms with Gasteiger partial charge in [-0.15, -0.1) is 6.58 Å². The van der Waals surface area contributed by atoms with Crippen LogP contribution >= 0.6 is 0 Å². The number of amides is 1. The van der Waals surface area contributed by atoms with Gasteiger partial charge in [0.2, 0.25) is 5.91 Å². The monoisotopic (exact) mass is 295 g/mol. The number of benzene rings is 1. The lowest BCUT2D eigenvalue weighted by atomic mass is 10.0. The quantitative estimate of drug-likeness (QED) is 0.755. The third-order valence-electron chi connectivity index (χ3n) is 3.74. The minimum atomic E-state index is 0.0724. The molecule has 1 aromatic rings. The molecule has 0 saturated carbocycles. The van der Waals surface area contributed by atoms with Gasteiger partial charge in [0.25, 0.3) is 0 Å². The minimum Gasteiger partial charge on any atom is -0.333 e. The van der Waals surface area contributed by atoms with Crippen molar-refractivity contribution in [2.24, 2.45) is 4.99 Å². The van der Waals surface area contributed by atoms with E-state index >= 15 is 0 Å². The van der Waals surface area contributed by atoms with Crippen molar-refractivity contribution in [1.82, 2.24) is 4.90 Å². The van der Waals surface area contributed by atoms with Crippen molar-refractivity contribution in [1.29, 1.82) is 5.26 Å². The van der Waals surface area contributed by atoms with E-state index in [1.807, 2.05) is 12.1 Å². The number of para-hydroxylation sites is 1. The van der Waals surface area contributed by atoms with Crippen LogP contribution in [0.3, 0.4) is 0 Å². The molecule has 0 bridgehead atoms. The van der Waals surface area contributed by atoms with Crippen LogP contribution in [-0.4, -0.2) is 29.6 Å². The third kappa shape index (κ3) is 3.62. The lowest BCUT2D eigenvalue weighted by molar-refractivity contribution is -0.127. The first kappa shape index (κ1) is 16.0. The molecule has 4 nitrogen and oxygen atoms in total. The van der Waals surface area contributed by atoms with E-state index in [2.05, 4.69) is 24.6 Å². The summed E-state index contributed by atoms with van der Waals surface area (Å²) in [6.45, 7) is 6.88. The van der Waals surface area contributed by atoms with Crippen molar-refractivity contribution < 1.29 is 4.79 Å². The third-order valence-corrected chi connectivity index (χ3v) is 3.74. The Morgan fingerprint density at radius 2 is 2.32 bits per heavy atom. The zero-order valence-electron chi connectivity index (χ0n) is 13.0. The van der Waals surface area contributed by atoms with Gasteiger partial charge in [-0.25, -0.2) is 0 Å². The number of carbonyl (C=O) groups is 1. The fourth-order valence-electron chi connectivity index (χ4n) is 2.59. The molecule has 1 heterocycles. The smallest absolute Gasteiger partial charge is 0.228 e. The van der Waals surface area contributed by atoms with E-state index in [1.54, 1.807) is 17.0 Å². The maximum atomic E-state index is 11.9. The molecule has 0 aromatic heterocycles. The van der Waals surface area contributed by atoms with Gasteiger partial charge in [0.1, 0.15) is 6.07 Å². The predicted molar refractivity (Wildman–Crippen MR) is 88.3 cm³/mol. The normalized spacial score (nSPS) is 16.1. The fourth-order valence-corrected chi connectivity index (χ4v) is 2.59. The van der Waals surface area contributed by atoms with E-state index in [0.29, 0.717) is 25.1 Å². The fraction of sp³-hybridized carbons (Fsp3) is 0.389. The summed E-state index contributed by atoms with van der Waals surface area (Å²) in [5.74, 6) is 0.0724. The first-order valence-electron chi connectivity index (χ1n) is 7.66. The number of unbranched alkanes of at least 4 members (excludes halogenated alkanes) is 1. The van der Waals surface area contributed by atoms with Gasteiger partial charge in [-0.2, -0.15) is 5.26 Å². The second-order valence-electron chi connectivity index (χ2n) is 5.45. The molecule has 114 valence electrons. The number of rotatable bonds is 6. The van der Waals surface area contributed by atoms with Gasteiger partial charge in [-0.05, 0) is 24.5 Å². The second-order valence-corrected chi connectivity index (χ2v) is 5.45. The number of aryl methyl sites for hydroxylation is 1.